The summed E-state index contributed by atoms with van der Waals surface area (Å²) in [5, 5.41) is 0. The molecule has 0 unspecified atom stereocenters. The summed E-state index contributed by atoms with van der Waals surface area (Å²) in [7, 11) is 0. The number of aryl methyl sites for hydroxylation is 1. The third-order valence-corrected chi connectivity index (χ3v) is 2.37. The molecule has 82 valence electrons. The largest absolute Gasteiger partial charge is 0.294 e. The normalized spacial score (nSPS) is 10.4. The quantitative estimate of drug-likeness (QED) is 0.574. The highest BCUT2D eigenvalue weighted by molar-refractivity contribution is 6.18. The Labute approximate surface area is 92.1 Å². The molecule has 0 aliphatic rings. The van der Waals surface area contributed by atoms with Crippen molar-refractivity contribution in [3.63, 3.8) is 0 Å². The maximum atomic E-state index is 13.4. The summed E-state index contributed by atoms with van der Waals surface area (Å²) in [6, 6.07) is 2.41. The van der Waals surface area contributed by atoms with Gasteiger partial charge < -0.3 is 0 Å². The minimum absolute atomic E-state index is 0.0702. The Morgan fingerprint density at radius 3 is 2.67 bits per heavy atom. The van der Waals surface area contributed by atoms with Gasteiger partial charge in [0.05, 0.1) is 5.56 Å². The van der Waals surface area contributed by atoms with E-state index in [9.17, 15) is 13.6 Å². The number of ketones is 1. The van der Waals surface area contributed by atoms with Gasteiger partial charge in [0.2, 0.25) is 0 Å². The van der Waals surface area contributed by atoms with Crippen LogP contribution in [0.4, 0.5) is 8.78 Å². The molecule has 0 amide bonds. The van der Waals surface area contributed by atoms with E-state index in [1.807, 2.05) is 0 Å². The summed E-state index contributed by atoms with van der Waals surface area (Å²) >= 11 is 5.40. The van der Waals surface area contributed by atoms with Gasteiger partial charge in [-0.1, -0.05) is 6.07 Å². The predicted octanol–water partition coefficient (Wildman–Crippen LogP) is 3.47. The van der Waals surface area contributed by atoms with Crippen molar-refractivity contribution >= 4 is 17.4 Å². The van der Waals surface area contributed by atoms with Gasteiger partial charge in [-0.15, -0.1) is 11.6 Å². The van der Waals surface area contributed by atoms with Crippen LogP contribution in [0.15, 0.2) is 12.1 Å². The van der Waals surface area contributed by atoms with Gasteiger partial charge >= 0.3 is 0 Å². The van der Waals surface area contributed by atoms with E-state index >= 15 is 0 Å². The summed E-state index contributed by atoms with van der Waals surface area (Å²) in [5.74, 6) is -1.80. The van der Waals surface area contributed by atoms with Gasteiger partial charge in [0.15, 0.2) is 5.78 Å². The Bertz CT molecular complexity index is 377. The summed E-state index contributed by atoms with van der Waals surface area (Å²) in [4.78, 5) is 11.5. The van der Waals surface area contributed by atoms with Crippen molar-refractivity contribution < 1.29 is 13.6 Å². The molecule has 0 aliphatic carbocycles. The van der Waals surface area contributed by atoms with Crippen LogP contribution < -0.4 is 0 Å². The molecule has 0 heterocycles. The highest BCUT2D eigenvalue weighted by atomic mass is 35.5. The summed E-state index contributed by atoms with van der Waals surface area (Å²) in [6.45, 7) is 1.49. The molecule has 0 aliphatic heterocycles. The van der Waals surface area contributed by atoms with Crippen LogP contribution in [-0.4, -0.2) is 11.7 Å². The van der Waals surface area contributed by atoms with Crippen molar-refractivity contribution in [1.82, 2.24) is 0 Å². The van der Waals surface area contributed by atoms with Gasteiger partial charge in [-0.2, -0.15) is 0 Å². The maximum Gasteiger partial charge on any atom is 0.168 e. The van der Waals surface area contributed by atoms with Crippen molar-refractivity contribution in [2.75, 3.05) is 5.88 Å². The number of halogens is 3. The van der Waals surface area contributed by atoms with Crippen LogP contribution in [0, 0.1) is 18.6 Å². The minimum Gasteiger partial charge on any atom is -0.294 e. The zero-order valence-corrected chi connectivity index (χ0v) is 9.07. The standard InChI is InChI=1S/C11H11ClF2O/c1-7-4-5-8(13)10(11(7)14)9(15)3-2-6-12/h4-5H,2-3,6H2,1H3. The van der Waals surface area contributed by atoms with E-state index in [4.69, 9.17) is 11.6 Å². The smallest absolute Gasteiger partial charge is 0.168 e. The topological polar surface area (TPSA) is 17.1 Å². The first-order valence-electron chi connectivity index (χ1n) is 4.61. The summed E-state index contributed by atoms with van der Waals surface area (Å²) in [6.07, 6.45) is 0.494. The fourth-order valence-electron chi connectivity index (χ4n) is 1.26. The molecule has 15 heavy (non-hydrogen) atoms. The monoisotopic (exact) mass is 232 g/mol. The fraction of sp³-hybridized carbons (Fsp3) is 0.364. The predicted molar refractivity (Wildman–Crippen MR) is 55.4 cm³/mol. The highest BCUT2D eigenvalue weighted by Crippen LogP contribution is 2.18. The van der Waals surface area contributed by atoms with Gasteiger partial charge in [0.25, 0.3) is 0 Å². The summed E-state index contributed by atoms with van der Waals surface area (Å²) in [5.41, 5.74) is -0.175. The third kappa shape index (κ3) is 2.75. The molecule has 0 bridgehead atoms. The van der Waals surface area contributed by atoms with E-state index in [2.05, 4.69) is 0 Å². The average molecular weight is 233 g/mol. The lowest BCUT2D eigenvalue weighted by Gasteiger charge is -2.05. The number of benzene rings is 1. The minimum atomic E-state index is -0.808. The van der Waals surface area contributed by atoms with E-state index in [-0.39, 0.29) is 12.0 Å². The van der Waals surface area contributed by atoms with Gasteiger partial charge in [-0.05, 0) is 25.0 Å². The first-order chi connectivity index (χ1) is 7.07. The highest BCUT2D eigenvalue weighted by Gasteiger charge is 2.18. The van der Waals surface area contributed by atoms with Crippen molar-refractivity contribution in [3.8, 4) is 0 Å². The maximum absolute atomic E-state index is 13.4. The van der Waals surface area contributed by atoms with Crippen LogP contribution in [-0.2, 0) is 0 Å². The number of carbonyl (C=O) groups excluding carboxylic acids is 1. The molecule has 1 nitrogen and oxygen atoms in total. The van der Waals surface area contributed by atoms with Crippen molar-refractivity contribution in [1.29, 1.82) is 0 Å². The van der Waals surface area contributed by atoms with Crippen LogP contribution in [0.1, 0.15) is 28.8 Å². The number of carbonyl (C=O) groups is 1. The van der Waals surface area contributed by atoms with E-state index in [0.29, 0.717) is 12.3 Å². The zero-order valence-electron chi connectivity index (χ0n) is 8.32. The molecule has 1 rings (SSSR count). The Kier molecular flexibility index (Phi) is 4.21. The molecule has 0 aromatic heterocycles. The SMILES string of the molecule is Cc1ccc(F)c(C(=O)CCCCl)c1F. The number of Topliss-reactive ketones (excluding diaryl/α,β-unsaturated/α-hetero) is 1. The van der Waals surface area contributed by atoms with Crippen molar-refractivity contribution in [3.05, 3.63) is 34.9 Å². The van der Waals surface area contributed by atoms with E-state index in [1.54, 1.807) is 0 Å². The van der Waals surface area contributed by atoms with Crippen LogP contribution in [0.5, 0.6) is 0 Å². The molecular formula is C11H11ClF2O. The zero-order chi connectivity index (χ0) is 11.4. The van der Waals surface area contributed by atoms with Gasteiger partial charge in [-0.25, -0.2) is 8.78 Å². The van der Waals surface area contributed by atoms with E-state index < -0.39 is 23.0 Å². The van der Waals surface area contributed by atoms with Crippen LogP contribution in [0.25, 0.3) is 0 Å². The van der Waals surface area contributed by atoms with Crippen LogP contribution in [0.3, 0.4) is 0 Å². The molecule has 0 fully saturated rings. The van der Waals surface area contributed by atoms with Gasteiger partial charge in [-0.3, -0.25) is 4.79 Å². The molecule has 1 aromatic carbocycles. The molecule has 0 N–H and O–H groups in total. The summed E-state index contributed by atoms with van der Waals surface area (Å²) < 4.78 is 26.7. The first-order valence-corrected chi connectivity index (χ1v) is 5.15. The molecular weight excluding hydrogens is 222 g/mol. The molecule has 0 atom stereocenters. The van der Waals surface area contributed by atoms with Crippen LogP contribution >= 0.6 is 11.6 Å². The lowest BCUT2D eigenvalue weighted by molar-refractivity contribution is 0.0973. The number of rotatable bonds is 4. The third-order valence-electron chi connectivity index (χ3n) is 2.10. The number of alkyl halides is 1. The molecule has 0 spiro atoms. The molecule has 1 aromatic rings. The van der Waals surface area contributed by atoms with Crippen LogP contribution in [0.2, 0.25) is 0 Å². The molecule has 0 saturated carbocycles. The van der Waals surface area contributed by atoms with Gasteiger partial charge in [0.1, 0.15) is 11.6 Å². The molecule has 4 heteroatoms. The van der Waals surface area contributed by atoms with Crippen molar-refractivity contribution in [2.45, 2.75) is 19.8 Å². The average Bonchev–Trinajstić information content (AvgIpc) is 2.21. The Hall–Kier alpha value is -0.960. The Morgan fingerprint density at radius 2 is 2.07 bits per heavy atom. The lowest BCUT2D eigenvalue weighted by Crippen LogP contribution is -2.07. The van der Waals surface area contributed by atoms with Gasteiger partial charge in [0, 0.05) is 12.3 Å². The first kappa shape index (κ1) is 12.1. The molecule has 0 saturated heterocycles. The second-order valence-electron chi connectivity index (χ2n) is 3.27. The second kappa shape index (κ2) is 5.21. The Morgan fingerprint density at radius 1 is 1.40 bits per heavy atom. The number of hydrogen-bond donors (Lipinski definition) is 0. The second-order valence-corrected chi connectivity index (χ2v) is 3.65. The Balaban J connectivity index is 3.02. The molecule has 0 radical (unpaired) electrons. The number of hydrogen-bond acceptors (Lipinski definition) is 1. The lowest BCUT2D eigenvalue weighted by atomic mass is 10.0. The fourth-order valence-corrected chi connectivity index (χ4v) is 1.40. The van der Waals surface area contributed by atoms with E-state index in [0.717, 1.165) is 6.07 Å². The van der Waals surface area contributed by atoms with E-state index in [1.165, 1.54) is 13.0 Å². The van der Waals surface area contributed by atoms with Crippen molar-refractivity contribution in [2.24, 2.45) is 0 Å².